The molecule has 4 heterocycles. The van der Waals surface area contributed by atoms with E-state index in [1.54, 1.807) is 17.7 Å². The Morgan fingerprint density at radius 3 is 2.88 bits per heavy atom. The molecule has 2 fully saturated rings. The fraction of sp³-hybridized carbons (Fsp3) is 0.647. The molecule has 0 aromatic carbocycles. The molecule has 2 aromatic heterocycles. The van der Waals surface area contributed by atoms with Crippen molar-refractivity contribution in [1.82, 2.24) is 25.1 Å². The maximum absolute atomic E-state index is 6.29. The van der Waals surface area contributed by atoms with E-state index in [-0.39, 0.29) is 11.7 Å². The van der Waals surface area contributed by atoms with Crippen molar-refractivity contribution in [3.63, 3.8) is 0 Å². The van der Waals surface area contributed by atoms with Crippen molar-refractivity contribution in [2.75, 3.05) is 39.8 Å². The summed E-state index contributed by atoms with van der Waals surface area (Å²) in [5.74, 6) is 0. The van der Waals surface area contributed by atoms with Crippen LogP contribution in [0.15, 0.2) is 18.6 Å². The van der Waals surface area contributed by atoms with Crippen LogP contribution in [0.25, 0.3) is 10.2 Å². The van der Waals surface area contributed by atoms with E-state index in [2.05, 4.69) is 38.2 Å². The summed E-state index contributed by atoms with van der Waals surface area (Å²) in [6.45, 7) is 4.50. The lowest BCUT2D eigenvalue weighted by atomic mass is 10.0. The Morgan fingerprint density at radius 1 is 1.32 bits per heavy atom. The van der Waals surface area contributed by atoms with Gasteiger partial charge in [-0.05, 0) is 26.0 Å². The van der Waals surface area contributed by atoms with Gasteiger partial charge in [0.2, 0.25) is 0 Å². The van der Waals surface area contributed by atoms with E-state index in [9.17, 15) is 0 Å². The van der Waals surface area contributed by atoms with Gasteiger partial charge in [0, 0.05) is 43.3 Å². The molecule has 2 saturated heterocycles. The van der Waals surface area contributed by atoms with E-state index in [4.69, 9.17) is 16.3 Å². The number of ether oxygens (including phenoxy) is 1. The molecule has 2 atom stereocenters. The average Bonchev–Trinajstić information content (AvgIpc) is 3.06. The molecular formula is C17H24ClN5OS. The molecule has 2 aromatic rings. The highest BCUT2D eigenvalue weighted by Crippen LogP contribution is 2.36. The fourth-order valence-corrected chi connectivity index (χ4v) is 5.23. The molecule has 1 N–H and O–H groups in total. The number of thiophene rings is 1. The molecule has 0 radical (unpaired) electrons. The lowest BCUT2D eigenvalue weighted by Gasteiger charge is -2.44. The first-order chi connectivity index (χ1) is 12.2. The number of rotatable bonds is 4. The molecule has 2 aliphatic heterocycles. The number of nitrogens with one attached hydrogen (secondary N) is 1. The highest BCUT2D eigenvalue weighted by Gasteiger charge is 2.34. The van der Waals surface area contributed by atoms with Crippen LogP contribution >= 0.6 is 22.9 Å². The molecule has 0 amide bonds. The van der Waals surface area contributed by atoms with Gasteiger partial charge in [-0.25, -0.2) is 9.97 Å². The van der Waals surface area contributed by atoms with Crippen LogP contribution in [-0.2, 0) is 4.74 Å². The van der Waals surface area contributed by atoms with Gasteiger partial charge >= 0.3 is 0 Å². The number of aromatic nitrogens is 2. The van der Waals surface area contributed by atoms with Crippen LogP contribution in [0.2, 0.25) is 0 Å². The van der Waals surface area contributed by atoms with E-state index in [1.165, 1.54) is 17.7 Å². The molecule has 8 heteroatoms. The molecule has 4 rings (SSSR count). The molecule has 6 nitrogen and oxygen atoms in total. The third-order valence-electron chi connectivity index (χ3n) is 5.15. The molecule has 0 saturated carbocycles. The number of nitrogens with zero attached hydrogens (tertiary/aromatic N) is 4. The van der Waals surface area contributed by atoms with Crippen LogP contribution in [0.5, 0.6) is 0 Å². The standard InChI is InChI=1S/C17H24ClN5OS/c1-19-12-2-4-22(5-3-12)17(23-6-7-24-16(18)10-23)14-8-13-15(25-14)9-20-11-21-13/h8-9,11-12,16-17,19H,2-7,10H2,1H3. The Hall–Kier alpha value is -0.830. The fourth-order valence-electron chi connectivity index (χ4n) is 3.80. The Balaban J connectivity index is 1.63. The van der Waals surface area contributed by atoms with Gasteiger partial charge in [0.25, 0.3) is 0 Å². The molecule has 25 heavy (non-hydrogen) atoms. The van der Waals surface area contributed by atoms with Gasteiger partial charge in [0.05, 0.1) is 23.0 Å². The maximum atomic E-state index is 6.29. The molecule has 2 unspecified atom stereocenters. The number of likely N-dealkylation sites (tertiary alicyclic amines) is 1. The van der Waals surface area contributed by atoms with Gasteiger partial charge in [-0.15, -0.1) is 11.3 Å². The van der Waals surface area contributed by atoms with Crippen molar-refractivity contribution < 1.29 is 4.74 Å². The van der Waals surface area contributed by atoms with Gasteiger partial charge in [0.15, 0.2) is 0 Å². The van der Waals surface area contributed by atoms with Crippen LogP contribution in [0.4, 0.5) is 0 Å². The van der Waals surface area contributed by atoms with Crippen LogP contribution in [0, 0.1) is 0 Å². The van der Waals surface area contributed by atoms with Gasteiger partial charge < -0.3 is 10.1 Å². The van der Waals surface area contributed by atoms with Crippen molar-refractivity contribution in [1.29, 1.82) is 0 Å². The van der Waals surface area contributed by atoms with Gasteiger partial charge in [-0.1, -0.05) is 11.6 Å². The first-order valence-electron chi connectivity index (χ1n) is 8.85. The van der Waals surface area contributed by atoms with Gasteiger partial charge in [-0.3, -0.25) is 9.80 Å². The predicted octanol–water partition coefficient (Wildman–Crippen LogP) is 2.27. The molecule has 0 bridgehead atoms. The summed E-state index contributed by atoms with van der Waals surface area (Å²) in [4.78, 5) is 14.9. The quantitative estimate of drug-likeness (QED) is 0.820. The molecule has 2 aliphatic rings. The number of hydrogen-bond donors (Lipinski definition) is 1. The third kappa shape index (κ3) is 3.82. The molecule has 0 spiro atoms. The summed E-state index contributed by atoms with van der Waals surface area (Å²) in [5.41, 5.74) is 0.793. The van der Waals surface area contributed by atoms with E-state index in [0.29, 0.717) is 12.6 Å². The van der Waals surface area contributed by atoms with Crippen LogP contribution < -0.4 is 5.32 Å². The van der Waals surface area contributed by atoms with Crippen LogP contribution in [0.3, 0.4) is 0 Å². The highest BCUT2D eigenvalue weighted by molar-refractivity contribution is 7.19. The monoisotopic (exact) mass is 381 g/mol. The normalized spacial score (nSPS) is 25.4. The number of halogens is 1. The van der Waals surface area contributed by atoms with Gasteiger partial charge in [0.1, 0.15) is 11.9 Å². The Bertz CT molecular complexity index is 672. The minimum absolute atomic E-state index is 0.236. The van der Waals surface area contributed by atoms with Crippen molar-refractivity contribution in [3.8, 4) is 0 Å². The number of hydrogen-bond acceptors (Lipinski definition) is 7. The van der Waals surface area contributed by atoms with E-state index >= 15 is 0 Å². The average molecular weight is 382 g/mol. The summed E-state index contributed by atoms with van der Waals surface area (Å²) in [6, 6.07) is 2.84. The lowest BCUT2D eigenvalue weighted by Crippen LogP contribution is -2.51. The first-order valence-corrected chi connectivity index (χ1v) is 10.1. The second kappa shape index (κ2) is 7.82. The Morgan fingerprint density at radius 2 is 2.16 bits per heavy atom. The minimum atomic E-state index is -0.236. The molecule has 136 valence electrons. The first kappa shape index (κ1) is 17.6. The number of piperidine rings is 1. The zero-order valence-corrected chi connectivity index (χ0v) is 16.0. The zero-order chi connectivity index (χ0) is 17.2. The van der Waals surface area contributed by atoms with Crippen LogP contribution in [0.1, 0.15) is 23.9 Å². The van der Waals surface area contributed by atoms with Crippen LogP contribution in [-0.4, -0.2) is 71.2 Å². The number of alkyl halides is 1. The van der Waals surface area contributed by atoms with Crippen molar-refractivity contribution >= 4 is 33.2 Å². The summed E-state index contributed by atoms with van der Waals surface area (Å²) >= 11 is 8.09. The minimum Gasteiger partial charge on any atom is -0.360 e. The highest BCUT2D eigenvalue weighted by atomic mass is 35.5. The second-order valence-electron chi connectivity index (χ2n) is 6.67. The topological polar surface area (TPSA) is 53.5 Å². The van der Waals surface area contributed by atoms with E-state index in [0.717, 1.165) is 36.4 Å². The van der Waals surface area contributed by atoms with Crippen molar-refractivity contribution in [2.24, 2.45) is 0 Å². The van der Waals surface area contributed by atoms with E-state index in [1.807, 2.05) is 6.20 Å². The largest absolute Gasteiger partial charge is 0.360 e. The smallest absolute Gasteiger partial charge is 0.143 e. The summed E-state index contributed by atoms with van der Waals surface area (Å²) < 4.78 is 6.69. The van der Waals surface area contributed by atoms with Crippen molar-refractivity contribution in [3.05, 3.63) is 23.5 Å². The molecular weight excluding hydrogens is 358 g/mol. The lowest BCUT2D eigenvalue weighted by molar-refractivity contribution is -0.0540. The Labute approximate surface area is 157 Å². The summed E-state index contributed by atoms with van der Waals surface area (Å²) in [5, 5.41) is 3.41. The van der Waals surface area contributed by atoms with Gasteiger partial charge in [-0.2, -0.15) is 0 Å². The third-order valence-corrected chi connectivity index (χ3v) is 6.52. The second-order valence-corrected chi connectivity index (χ2v) is 8.27. The number of fused-ring (bicyclic) bond motifs is 1. The number of morpholine rings is 1. The Kier molecular flexibility index (Phi) is 5.50. The maximum Gasteiger partial charge on any atom is 0.143 e. The molecule has 0 aliphatic carbocycles. The SMILES string of the molecule is CNC1CCN(C(c2cc3ncncc3s2)N2CCOC(Cl)C2)CC1. The summed E-state index contributed by atoms with van der Waals surface area (Å²) in [6.07, 6.45) is 6.11. The summed E-state index contributed by atoms with van der Waals surface area (Å²) in [7, 11) is 2.06. The zero-order valence-electron chi connectivity index (χ0n) is 14.4. The van der Waals surface area contributed by atoms with E-state index < -0.39 is 0 Å². The predicted molar refractivity (Wildman–Crippen MR) is 101 cm³/mol. The van der Waals surface area contributed by atoms with Crippen molar-refractivity contribution in [2.45, 2.75) is 30.6 Å².